The van der Waals surface area contributed by atoms with Crippen LogP contribution in [-0.2, 0) is 6.42 Å². The average molecular weight is 318 g/mol. The van der Waals surface area contributed by atoms with E-state index in [9.17, 15) is 10.2 Å². The predicted octanol–water partition coefficient (Wildman–Crippen LogP) is 3.95. The van der Waals surface area contributed by atoms with Gasteiger partial charge in [0, 0.05) is 18.2 Å². The lowest BCUT2D eigenvalue weighted by Crippen LogP contribution is -2.32. The summed E-state index contributed by atoms with van der Waals surface area (Å²) < 4.78 is 0. The third kappa shape index (κ3) is 2.12. The molecular formula is C18H20ClNO2. The van der Waals surface area contributed by atoms with Crippen molar-refractivity contribution in [3.05, 3.63) is 52.6 Å². The van der Waals surface area contributed by atoms with E-state index in [0.717, 1.165) is 19.4 Å². The highest BCUT2D eigenvalue weighted by molar-refractivity contribution is 5.85. The molecule has 0 radical (unpaired) electrons. The number of fused-ring (bicyclic) bond motifs is 5. The average Bonchev–Trinajstić information content (AvgIpc) is 2.48. The van der Waals surface area contributed by atoms with Crippen molar-refractivity contribution in [2.24, 2.45) is 5.92 Å². The summed E-state index contributed by atoms with van der Waals surface area (Å²) in [4.78, 5) is 0. The van der Waals surface area contributed by atoms with Crippen LogP contribution >= 0.6 is 12.4 Å². The number of nitrogens with one attached hydrogen (secondary N) is 1. The van der Waals surface area contributed by atoms with Crippen LogP contribution in [0.25, 0.3) is 0 Å². The predicted molar refractivity (Wildman–Crippen MR) is 90.3 cm³/mol. The van der Waals surface area contributed by atoms with Gasteiger partial charge in [0.2, 0.25) is 0 Å². The lowest BCUT2D eigenvalue weighted by Gasteiger charge is -2.40. The van der Waals surface area contributed by atoms with Crippen LogP contribution in [-0.4, -0.2) is 16.8 Å². The van der Waals surface area contributed by atoms with E-state index >= 15 is 0 Å². The number of halogens is 1. The zero-order chi connectivity index (χ0) is 14.6. The van der Waals surface area contributed by atoms with Gasteiger partial charge in [0.25, 0.3) is 0 Å². The fraction of sp³-hybridized carbons (Fsp3) is 0.333. The molecular weight excluding hydrogens is 298 g/mol. The zero-order valence-corrected chi connectivity index (χ0v) is 13.3. The van der Waals surface area contributed by atoms with Crippen LogP contribution < -0.4 is 5.32 Å². The molecule has 2 aromatic rings. The third-order valence-corrected chi connectivity index (χ3v) is 5.01. The van der Waals surface area contributed by atoms with Gasteiger partial charge in [-0.05, 0) is 60.1 Å². The van der Waals surface area contributed by atoms with Gasteiger partial charge in [-0.15, -0.1) is 12.4 Å². The van der Waals surface area contributed by atoms with Crippen LogP contribution in [0.1, 0.15) is 34.6 Å². The largest absolute Gasteiger partial charge is 0.504 e. The van der Waals surface area contributed by atoms with E-state index in [1.807, 2.05) is 0 Å². The Kier molecular flexibility index (Phi) is 3.69. The number of para-hydroxylation sites is 1. The molecule has 3 nitrogen and oxygen atoms in total. The third-order valence-electron chi connectivity index (χ3n) is 5.01. The molecule has 0 saturated heterocycles. The first-order valence-corrected chi connectivity index (χ1v) is 7.53. The van der Waals surface area contributed by atoms with E-state index in [-0.39, 0.29) is 23.9 Å². The highest BCUT2D eigenvalue weighted by atomic mass is 35.5. The summed E-state index contributed by atoms with van der Waals surface area (Å²) in [7, 11) is 0. The molecule has 0 fully saturated rings. The minimum Gasteiger partial charge on any atom is -0.504 e. The molecule has 2 aromatic carbocycles. The van der Waals surface area contributed by atoms with Crippen molar-refractivity contribution in [3.8, 4) is 11.5 Å². The van der Waals surface area contributed by atoms with Gasteiger partial charge < -0.3 is 15.5 Å². The van der Waals surface area contributed by atoms with Crippen molar-refractivity contribution in [1.82, 2.24) is 0 Å². The smallest absolute Gasteiger partial charge is 0.157 e. The summed E-state index contributed by atoms with van der Waals surface area (Å²) in [6.45, 7) is 3.10. The van der Waals surface area contributed by atoms with Crippen molar-refractivity contribution in [1.29, 1.82) is 0 Å². The Hall–Kier alpha value is -1.87. The first kappa shape index (κ1) is 15.0. The Morgan fingerprint density at radius 1 is 1.09 bits per heavy atom. The molecule has 0 spiro atoms. The van der Waals surface area contributed by atoms with Crippen LogP contribution in [0.5, 0.6) is 11.5 Å². The Balaban J connectivity index is 0.00000144. The standard InChI is InChI=1S/C18H19NO2.ClH/c1-10-3-2-4-13-17-12(9-19-18(10)13)6-5-11-7-15(20)16(21)8-14(11)17;/h2-4,7-8,12,17,19-21H,5-6,9H2,1H3;1H/t12-,17+;/m0./s1. The Bertz CT molecular complexity index is 729. The second-order valence-corrected chi connectivity index (χ2v) is 6.24. The van der Waals surface area contributed by atoms with Gasteiger partial charge in [-0.25, -0.2) is 0 Å². The summed E-state index contributed by atoms with van der Waals surface area (Å²) in [5.41, 5.74) is 6.16. The molecule has 22 heavy (non-hydrogen) atoms. The number of hydrogen-bond donors (Lipinski definition) is 3. The first-order chi connectivity index (χ1) is 10.1. The van der Waals surface area contributed by atoms with Crippen molar-refractivity contribution in [2.75, 3.05) is 11.9 Å². The maximum atomic E-state index is 9.90. The fourth-order valence-electron chi connectivity index (χ4n) is 3.97. The number of rotatable bonds is 0. The monoisotopic (exact) mass is 317 g/mol. The van der Waals surface area contributed by atoms with Crippen LogP contribution in [0.2, 0.25) is 0 Å². The number of phenolic OH excluding ortho intramolecular Hbond substituents is 2. The summed E-state index contributed by atoms with van der Waals surface area (Å²) >= 11 is 0. The molecule has 2 aliphatic rings. The van der Waals surface area contributed by atoms with Crippen molar-refractivity contribution >= 4 is 18.1 Å². The van der Waals surface area contributed by atoms with Gasteiger partial charge in [0.15, 0.2) is 11.5 Å². The van der Waals surface area contributed by atoms with Gasteiger partial charge in [-0.3, -0.25) is 0 Å². The number of phenols is 2. The van der Waals surface area contributed by atoms with Gasteiger partial charge in [0.05, 0.1) is 0 Å². The van der Waals surface area contributed by atoms with Crippen LogP contribution in [0.4, 0.5) is 5.69 Å². The zero-order valence-electron chi connectivity index (χ0n) is 12.5. The molecule has 2 atom stereocenters. The van der Waals surface area contributed by atoms with E-state index < -0.39 is 0 Å². The second kappa shape index (κ2) is 5.40. The summed E-state index contributed by atoms with van der Waals surface area (Å²) in [5, 5.41) is 23.2. The first-order valence-electron chi connectivity index (χ1n) is 7.53. The number of aromatic hydroxyl groups is 2. The number of anilines is 1. The molecule has 1 aliphatic heterocycles. The molecule has 0 saturated carbocycles. The van der Waals surface area contributed by atoms with Gasteiger partial charge >= 0.3 is 0 Å². The van der Waals surface area contributed by atoms with E-state index in [0.29, 0.717) is 11.8 Å². The molecule has 4 heteroatoms. The van der Waals surface area contributed by atoms with Gasteiger partial charge in [-0.2, -0.15) is 0 Å². The molecule has 116 valence electrons. The molecule has 3 N–H and O–H groups in total. The molecule has 0 aromatic heterocycles. The Morgan fingerprint density at radius 2 is 1.86 bits per heavy atom. The highest BCUT2D eigenvalue weighted by Gasteiger charge is 2.36. The van der Waals surface area contributed by atoms with Crippen molar-refractivity contribution in [2.45, 2.75) is 25.7 Å². The molecule has 1 aliphatic carbocycles. The second-order valence-electron chi connectivity index (χ2n) is 6.24. The summed E-state index contributed by atoms with van der Waals surface area (Å²) in [5.74, 6) is 0.847. The maximum Gasteiger partial charge on any atom is 0.157 e. The van der Waals surface area contributed by atoms with E-state index in [4.69, 9.17) is 0 Å². The highest BCUT2D eigenvalue weighted by Crippen LogP contribution is 2.48. The molecule has 1 heterocycles. The number of hydrogen-bond acceptors (Lipinski definition) is 3. The van der Waals surface area contributed by atoms with E-state index in [1.54, 1.807) is 12.1 Å². The Labute approximate surface area is 136 Å². The van der Waals surface area contributed by atoms with E-state index in [1.165, 1.54) is 27.9 Å². The number of benzene rings is 2. The van der Waals surface area contributed by atoms with Crippen LogP contribution in [0.15, 0.2) is 30.3 Å². The van der Waals surface area contributed by atoms with E-state index in [2.05, 4.69) is 30.4 Å². The van der Waals surface area contributed by atoms with Crippen molar-refractivity contribution < 1.29 is 10.2 Å². The van der Waals surface area contributed by atoms with Gasteiger partial charge in [-0.1, -0.05) is 18.2 Å². The molecule has 4 rings (SSSR count). The summed E-state index contributed by atoms with van der Waals surface area (Å²) in [6.07, 6.45) is 2.08. The topological polar surface area (TPSA) is 52.5 Å². The Morgan fingerprint density at radius 3 is 2.68 bits per heavy atom. The van der Waals surface area contributed by atoms with Crippen LogP contribution in [0, 0.1) is 12.8 Å². The normalized spacial score (nSPS) is 21.7. The minimum atomic E-state index is -0.0119. The molecule has 0 unspecified atom stereocenters. The molecule has 0 amide bonds. The van der Waals surface area contributed by atoms with Crippen LogP contribution in [0.3, 0.4) is 0 Å². The fourth-order valence-corrected chi connectivity index (χ4v) is 3.97. The van der Waals surface area contributed by atoms with Crippen molar-refractivity contribution in [3.63, 3.8) is 0 Å². The van der Waals surface area contributed by atoms with Gasteiger partial charge in [0.1, 0.15) is 0 Å². The summed E-state index contributed by atoms with van der Waals surface area (Å²) in [6, 6.07) is 9.92. The lowest BCUT2D eigenvalue weighted by molar-refractivity contribution is 0.389. The maximum absolute atomic E-state index is 9.90. The quantitative estimate of drug-likeness (QED) is 0.645. The SMILES string of the molecule is Cc1cccc2c1NC[C@@H]1CCc3cc(O)c(O)cc3[C@@H]21.Cl. The molecule has 0 bridgehead atoms. The lowest BCUT2D eigenvalue weighted by atomic mass is 9.69. The minimum absolute atomic E-state index is 0. The number of aryl methyl sites for hydroxylation is 2.